The Bertz CT molecular complexity index is 546. The quantitative estimate of drug-likeness (QED) is 0.928. The lowest BCUT2D eigenvalue weighted by atomic mass is 9.96. The van der Waals surface area contributed by atoms with Crippen LogP contribution in [0.15, 0.2) is 30.7 Å². The monoisotopic (exact) mass is 272 g/mol. The zero-order valence-electron chi connectivity index (χ0n) is 12.2. The van der Waals surface area contributed by atoms with Gasteiger partial charge in [0, 0.05) is 24.6 Å². The van der Waals surface area contributed by atoms with Crippen LogP contribution in [0.2, 0.25) is 0 Å². The third-order valence-corrected chi connectivity index (χ3v) is 4.26. The molecule has 0 spiro atoms. The van der Waals surface area contributed by atoms with Crippen LogP contribution in [0.5, 0.6) is 0 Å². The SMILES string of the molecule is CC(N)c1ccn(Cc2ccn(C3CCCCC3)n2)c1. The zero-order valence-corrected chi connectivity index (χ0v) is 12.2. The molecule has 1 aliphatic carbocycles. The maximum atomic E-state index is 5.89. The highest BCUT2D eigenvalue weighted by Gasteiger charge is 2.16. The van der Waals surface area contributed by atoms with Crippen LogP contribution in [0.1, 0.15) is 62.4 Å². The van der Waals surface area contributed by atoms with Crippen LogP contribution in [0.25, 0.3) is 0 Å². The highest BCUT2D eigenvalue weighted by atomic mass is 15.3. The van der Waals surface area contributed by atoms with Crippen molar-refractivity contribution in [3.05, 3.63) is 42.0 Å². The fourth-order valence-corrected chi connectivity index (χ4v) is 3.02. The van der Waals surface area contributed by atoms with E-state index in [9.17, 15) is 0 Å². The van der Waals surface area contributed by atoms with Crippen molar-refractivity contribution in [2.24, 2.45) is 5.73 Å². The number of nitrogens with two attached hydrogens (primary N) is 1. The molecule has 3 rings (SSSR count). The summed E-state index contributed by atoms with van der Waals surface area (Å²) in [6.45, 7) is 2.84. The van der Waals surface area contributed by atoms with Gasteiger partial charge >= 0.3 is 0 Å². The lowest BCUT2D eigenvalue weighted by molar-refractivity contribution is 0.328. The molecule has 0 aliphatic heterocycles. The van der Waals surface area contributed by atoms with Gasteiger partial charge in [0.15, 0.2) is 0 Å². The van der Waals surface area contributed by atoms with Crippen LogP contribution in [0.3, 0.4) is 0 Å². The summed E-state index contributed by atoms with van der Waals surface area (Å²) in [6, 6.07) is 4.93. The third-order valence-electron chi connectivity index (χ3n) is 4.26. The minimum atomic E-state index is 0.0936. The fourth-order valence-electron chi connectivity index (χ4n) is 3.02. The minimum absolute atomic E-state index is 0.0936. The number of hydrogen-bond acceptors (Lipinski definition) is 2. The van der Waals surface area contributed by atoms with Gasteiger partial charge < -0.3 is 10.3 Å². The van der Waals surface area contributed by atoms with Crippen molar-refractivity contribution in [1.82, 2.24) is 14.3 Å². The van der Waals surface area contributed by atoms with Crippen LogP contribution in [0, 0.1) is 0 Å². The molecule has 2 heterocycles. The average molecular weight is 272 g/mol. The van der Waals surface area contributed by atoms with E-state index in [1.54, 1.807) is 0 Å². The zero-order chi connectivity index (χ0) is 13.9. The highest BCUT2D eigenvalue weighted by Crippen LogP contribution is 2.27. The molecule has 0 amide bonds. The Morgan fingerprint density at radius 3 is 2.75 bits per heavy atom. The molecular weight excluding hydrogens is 248 g/mol. The second kappa shape index (κ2) is 5.83. The molecule has 1 aliphatic rings. The molecule has 108 valence electrons. The molecule has 20 heavy (non-hydrogen) atoms. The summed E-state index contributed by atoms with van der Waals surface area (Å²) < 4.78 is 4.33. The van der Waals surface area contributed by atoms with Crippen molar-refractivity contribution in [3.63, 3.8) is 0 Å². The first-order chi connectivity index (χ1) is 9.72. The number of hydrogen-bond donors (Lipinski definition) is 1. The van der Waals surface area contributed by atoms with E-state index in [1.807, 2.05) is 6.92 Å². The molecule has 1 fully saturated rings. The summed E-state index contributed by atoms with van der Waals surface area (Å²) in [5.74, 6) is 0. The van der Waals surface area contributed by atoms with E-state index in [4.69, 9.17) is 10.8 Å². The molecular formula is C16H24N4. The van der Waals surface area contributed by atoms with E-state index >= 15 is 0 Å². The van der Waals surface area contributed by atoms with Crippen LogP contribution >= 0.6 is 0 Å². The fraction of sp³-hybridized carbons (Fsp3) is 0.562. The summed E-state index contributed by atoms with van der Waals surface area (Å²) in [5.41, 5.74) is 8.19. The standard InChI is InChI=1S/C16H24N4/c1-13(17)14-7-9-19(11-14)12-15-8-10-20(18-15)16-5-3-2-4-6-16/h7-11,13,16H,2-6,12,17H2,1H3. The average Bonchev–Trinajstić information content (AvgIpc) is 3.10. The Balaban J connectivity index is 1.66. The van der Waals surface area contributed by atoms with Gasteiger partial charge in [-0.05, 0) is 37.5 Å². The first kappa shape index (κ1) is 13.4. The molecule has 4 nitrogen and oxygen atoms in total. The van der Waals surface area contributed by atoms with E-state index in [0.29, 0.717) is 6.04 Å². The summed E-state index contributed by atoms with van der Waals surface area (Å²) >= 11 is 0. The summed E-state index contributed by atoms with van der Waals surface area (Å²) in [7, 11) is 0. The van der Waals surface area contributed by atoms with Gasteiger partial charge in [0.2, 0.25) is 0 Å². The predicted molar refractivity (Wildman–Crippen MR) is 80.5 cm³/mol. The van der Waals surface area contributed by atoms with Gasteiger partial charge in [-0.3, -0.25) is 4.68 Å². The van der Waals surface area contributed by atoms with Gasteiger partial charge in [-0.2, -0.15) is 5.10 Å². The van der Waals surface area contributed by atoms with E-state index in [2.05, 4.69) is 40.0 Å². The van der Waals surface area contributed by atoms with Gasteiger partial charge in [-0.1, -0.05) is 19.3 Å². The first-order valence-corrected chi connectivity index (χ1v) is 7.67. The van der Waals surface area contributed by atoms with Crippen molar-refractivity contribution in [1.29, 1.82) is 0 Å². The summed E-state index contributed by atoms with van der Waals surface area (Å²) in [5, 5.41) is 4.75. The summed E-state index contributed by atoms with van der Waals surface area (Å²) in [4.78, 5) is 0. The van der Waals surface area contributed by atoms with Crippen molar-refractivity contribution in [2.45, 2.75) is 57.7 Å². The highest BCUT2D eigenvalue weighted by molar-refractivity contribution is 5.15. The van der Waals surface area contributed by atoms with Gasteiger partial charge in [0.25, 0.3) is 0 Å². The van der Waals surface area contributed by atoms with Crippen molar-refractivity contribution in [2.75, 3.05) is 0 Å². The van der Waals surface area contributed by atoms with E-state index in [-0.39, 0.29) is 6.04 Å². The molecule has 1 atom stereocenters. The van der Waals surface area contributed by atoms with Crippen molar-refractivity contribution < 1.29 is 0 Å². The molecule has 1 saturated carbocycles. The number of rotatable bonds is 4. The van der Waals surface area contributed by atoms with Crippen LogP contribution < -0.4 is 5.73 Å². The maximum absolute atomic E-state index is 5.89. The predicted octanol–water partition coefficient (Wildman–Crippen LogP) is 3.26. The molecule has 0 aromatic carbocycles. The van der Waals surface area contributed by atoms with Crippen molar-refractivity contribution in [3.8, 4) is 0 Å². The van der Waals surface area contributed by atoms with E-state index in [1.165, 1.54) is 37.7 Å². The molecule has 0 radical (unpaired) electrons. The lowest BCUT2D eigenvalue weighted by Gasteiger charge is -2.21. The second-order valence-electron chi connectivity index (χ2n) is 5.98. The van der Waals surface area contributed by atoms with Gasteiger partial charge in [0.05, 0.1) is 18.3 Å². The minimum Gasteiger partial charge on any atom is -0.348 e. The molecule has 1 unspecified atom stereocenters. The Morgan fingerprint density at radius 2 is 2.05 bits per heavy atom. The molecule has 0 bridgehead atoms. The van der Waals surface area contributed by atoms with E-state index < -0.39 is 0 Å². The Hall–Kier alpha value is -1.55. The van der Waals surface area contributed by atoms with Gasteiger partial charge in [-0.15, -0.1) is 0 Å². The maximum Gasteiger partial charge on any atom is 0.0821 e. The van der Waals surface area contributed by atoms with Gasteiger partial charge in [0.1, 0.15) is 0 Å². The number of nitrogens with zero attached hydrogens (tertiary/aromatic N) is 3. The molecule has 2 N–H and O–H groups in total. The van der Waals surface area contributed by atoms with Crippen molar-refractivity contribution >= 4 is 0 Å². The Kier molecular flexibility index (Phi) is 3.92. The van der Waals surface area contributed by atoms with Crippen LogP contribution in [0.4, 0.5) is 0 Å². The molecule has 2 aromatic heterocycles. The first-order valence-electron chi connectivity index (χ1n) is 7.67. The molecule has 4 heteroatoms. The number of aromatic nitrogens is 3. The summed E-state index contributed by atoms with van der Waals surface area (Å²) in [6.07, 6.45) is 13.0. The van der Waals surface area contributed by atoms with Crippen LogP contribution in [-0.4, -0.2) is 14.3 Å². The largest absolute Gasteiger partial charge is 0.348 e. The van der Waals surface area contributed by atoms with Gasteiger partial charge in [-0.25, -0.2) is 0 Å². The topological polar surface area (TPSA) is 48.8 Å². The second-order valence-corrected chi connectivity index (χ2v) is 5.98. The van der Waals surface area contributed by atoms with Crippen LogP contribution in [-0.2, 0) is 6.54 Å². The lowest BCUT2D eigenvalue weighted by Crippen LogP contribution is -2.13. The Labute approximate surface area is 120 Å². The Morgan fingerprint density at radius 1 is 1.25 bits per heavy atom. The normalized spacial score (nSPS) is 18.3. The van der Waals surface area contributed by atoms with E-state index in [0.717, 1.165) is 12.2 Å². The molecule has 0 saturated heterocycles. The third kappa shape index (κ3) is 2.96. The molecule has 2 aromatic rings. The smallest absolute Gasteiger partial charge is 0.0821 e.